The average Bonchev–Trinajstić information content (AvgIpc) is 2.47. The van der Waals surface area contributed by atoms with Crippen LogP contribution in [0.25, 0.3) is 4.95 Å². The second-order valence-corrected chi connectivity index (χ2v) is 7.98. The van der Waals surface area contributed by atoms with Gasteiger partial charge in [-0.2, -0.15) is 11.6 Å². The Bertz CT molecular complexity index is 626. The molecule has 0 atom stereocenters. The molecule has 0 radical (unpaired) electrons. The number of halogens is 1. The highest BCUT2D eigenvalue weighted by molar-refractivity contribution is 5.87. The maximum atomic E-state index is 13.0. The van der Waals surface area contributed by atoms with Crippen molar-refractivity contribution in [2.45, 2.75) is 64.5 Å². The van der Waals surface area contributed by atoms with E-state index in [2.05, 4.69) is 10.1 Å². The monoisotopic (exact) mass is 331 g/mol. The van der Waals surface area contributed by atoms with E-state index in [4.69, 9.17) is 6.57 Å². The van der Waals surface area contributed by atoms with Crippen LogP contribution in [-0.4, -0.2) is 27.1 Å². The number of piperidine rings is 1. The van der Waals surface area contributed by atoms with Crippen LogP contribution < -0.4 is 0 Å². The quantitative estimate of drug-likeness (QED) is 0.494. The van der Waals surface area contributed by atoms with Gasteiger partial charge in [-0.3, -0.25) is 0 Å². The van der Waals surface area contributed by atoms with E-state index in [1.165, 1.54) is 17.2 Å². The molecule has 0 amide bonds. The van der Waals surface area contributed by atoms with E-state index >= 15 is 0 Å². The summed E-state index contributed by atoms with van der Waals surface area (Å²) in [4.78, 5) is 3.21. The molecule has 2 rings (SSSR count). The summed E-state index contributed by atoms with van der Waals surface area (Å²) in [7, 11) is 0. The average molecular weight is 331 g/mol. The molecule has 0 spiro atoms. The maximum Gasteiger partial charge on any atom is 0.123 e. The minimum atomic E-state index is -0.314. The van der Waals surface area contributed by atoms with Gasteiger partial charge in [-0.05, 0) is 70.6 Å². The van der Waals surface area contributed by atoms with Gasteiger partial charge in [0.1, 0.15) is 11.5 Å². The Kier molecular flexibility index (Phi) is 5.42. The summed E-state index contributed by atoms with van der Waals surface area (Å²) < 4.78 is 13.0. The predicted molar refractivity (Wildman–Crippen MR) is 93.3 cm³/mol. The number of hydrogen-bond donors (Lipinski definition) is 1. The zero-order valence-electron chi connectivity index (χ0n) is 14.9. The van der Waals surface area contributed by atoms with Gasteiger partial charge in [0, 0.05) is 17.5 Å². The molecule has 5 heteroatoms. The number of benzene rings is 1. The molecular formula is C19H26FN3O. The lowest BCUT2D eigenvalue weighted by atomic mass is 9.73. The van der Waals surface area contributed by atoms with Crippen molar-refractivity contribution in [3.63, 3.8) is 0 Å². The van der Waals surface area contributed by atoms with Gasteiger partial charge in [-0.15, -0.1) is 4.95 Å². The van der Waals surface area contributed by atoms with Crippen molar-refractivity contribution in [1.82, 2.24) is 5.06 Å². The topological polar surface area (TPSA) is 40.2 Å². The summed E-state index contributed by atoms with van der Waals surface area (Å²) in [6, 6.07) is 6.33. The first-order valence-corrected chi connectivity index (χ1v) is 8.30. The van der Waals surface area contributed by atoms with Gasteiger partial charge >= 0.3 is 0 Å². The fourth-order valence-corrected chi connectivity index (χ4v) is 4.01. The van der Waals surface area contributed by atoms with Gasteiger partial charge in [0.25, 0.3) is 0 Å². The Hall–Kier alpha value is -1.77. The highest BCUT2D eigenvalue weighted by Gasteiger charge is 2.45. The molecule has 0 aliphatic carbocycles. The molecule has 1 aliphatic rings. The number of rotatable bonds is 4. The van der Waals surface area contributed by atoms with Gasteiger partial charge in [-0.1, -0.05) is 12.1 Å². The van der Waals surface area contributed by atoms with Gasteiger partial charge in [0.2, 0.25) is 0 Å². The standard InChI is InChI=1S/C19H26FN3O/c1-18(2)12-15(13-19(3,4)23(18)24)11-17(22-21-5)10-14-6-8-16(20)9-7-14/h6-9,15,24H,10-13H2,1-4H3/b22-17+. The smallest absolute Gasteiger partial charge is 0.123 e. The summed E-state index contributed by atoms with van der Waals surface area (Å²) in [5, 5.41) is 15.8. The molecule has 4 nitrogen and oxygen atoms in total. The zero-order chi connectivity index (χ0) is 18.0. The van der Waals surface area contributed by atoms with Gasteiger partial charge < -0.3 is 5.21 Å². The second kappa shape index (κ2) is 7.00. The highest BCUT2D eigenvalue weighted by atomic mass is 19.1. The molecule has 1 saturated heterocycles. The third-order valence-electron chi connectivity index (χ3n) is 4.76. The summed E-state index contributed by atoms with van der Waals surface area (Å²) in [5.41, 5.74) is 1.15. The molecule has 1 heterocycles. The van der Waals surface area contributed by atoms with Crippen molar-refractivity contribution in [2.24, 2.45) is 11.0 Å². The third-order valence-corrected chi connectivity index (χ3v) is 4.76. The van der Waals surface area contributed by atoms with Crippen LogP contribution in [-0.2, 0) is 6.42 Å². The van der Waals surface area contributed by atoms with Gasteiger partial charge in [0.15, 0.2) is 0 Å². The molecule has 1 fully saturated rings. The first-order chi connectivity index (χ1) is 11.1. The number of hydroxylamine groups is 2. The molecule has 0 unspecified atom stereocenters. The second-order valence-electron chi connectivity index (χ2n) is 7.98. The SMILES string of the molecule is [C-]#[N+]/N=C(\Cc1ccc(F)cc1)CC1CC(C)(C)N(O)C(C)(C)C1. The maximum absolute atomic E-state index is 13.0. The highest BCUT2D eigenvalue weighted by Crippen LogP contribution is 2.41. The van der Waals surface area contributed by atoms with Crippen LogP contribution in [0.2, 0.25) is 0 Å². The van der Waals surface area contributed by atoms with Crippen molar-refractivity contribution in [1.29, 1.82) is 0 Å². The first-order valence-electron chi connectivity index (χ1n) is 8.30. The summed E-state index contributed by atoms with van der Waals surface area (Å²) >= 11 is 0. The minimum Gasteiger partial charge on any atom is -0.313 e. The van der Waals surface area contributed by atoms with Crippen LogP contribution >= 0.6 is 0 Å². The summed E-state index contributed by atoms with van der Waals surface area (Å²) in [6.45, 7) is 15.2. The van der Waals surface area contributed by atoms with E-state index in [1.54, 1.807) is 12.1 Å². The molecule has 0 saturated carbocycles. The van der Waals surface area contributed by atoms with Crippen LogP contribution in [0.3, 0.4) is 0 Å². The van der Waals surface area contributed by atoms with Crippen LogP contribution in [0, 0.1) is 18.3 Å². The van der Waals surface area contributed by atoms with Crippen molar-refractivity contribution in [3.8, 4) is 0 Å². The van der Waals surface area contributed by atoms with Crippen molar-refractivity contribution < 1.29 is 9.60 Å². The molecule has 1 N–H and O–H groups in total. The third kappa shape index (κ3) is 4.40. The normalized spacial score (nSPS) is 21.5. The largest absolute Gasteiger partial charge is 0.313 e. The summed E-state index contributed by atoms with van der Waals surface area (Å²) in [6.07, 6.45) is 2.96. The molecular weight excluding hydrogens is 305 g/mol. The zero-order valence-corrected chi connectivity index (χ0v) is 14.9. The Morgan fingerprint density at radius 1 is 1.25 bits per heavy atom. The van der Waals surface area contributed by atoms with E-state index < -0.39 is 0 Å². The van der Waals surface area contributed by atoms with Crippen LogP contribution in [0.15, 0.2) is 29.4 Å². The first kappa shape index (κ1) is 18.6. The van der Waals surface area contributed by atoms with Crippen LogP contribution in [0.5, 0.6) is 0 Å². The molecule has 0 bridgehead atoms. The van der Waals surface area contributed by atoms with Crippen molar-refractivity contribution >= 4 is 5.71 Å². The van der Waals surface area contributed by atoms with Crippen molar-refractivity contribution in [3.05, 3.63) is 47.2 Å². The Morgan fingerprint density at radius 2 is 1.79 bits per heavy atom. The minimum absolute atomic E-state index is 0.263. The Balaban J connectivity index is 2.12. The lowest BCUT2D eigenvalue weighted by Gasteiger charge is -2.51. The molecule has 1 aromatic rings. The van der Waals surface area contributed by atoms with E-state index in [1.807, 2.05) is 27.7 Å². The molecule has 130 valence electrons. The predicted octanol–water partition coefficient (Wildman–Crippen LogP) is 4.69. The van der Waals surface area contributed by atoms with Crippen LogP contribution in [0.1, 0.15) is 52.5 Å². The van der Waals surface area contributed by atoms with E-state index in [0.717, 1.165) is 30.5 Å². The van der Waals surface area contributed by atoms with Crippen LogP contribution in [0.4, 0.5) is 4.39 Å². The van der Waals surface area contributed by atoms with E-state index in [-0.39, 0.29) is 16.9 Å². The fraction of sp³-hybridized carbons (Fsp3) is 0.579. The van der Waals surface area contributed by atoms with Gasteiger partial charge in [-0.25, -0.2) is 4.39 Å². The number of hydrogen-bond acceptors (Lipinski definition) is 3. The molecule has 0 aromatic heterocycles. The molecule has 1 aliphatic heterocycles. The molecule has 1 aromatic carbocycles. The van der Waals surface area contributed by atoms with E-state index in [0.29, 0.717) is 12.3 Å². The van der Waals surface area contributed by atoms with Crippen molar-refractivity contribution in [2.75, 3.05) is 0 Å². The number of nitrogens with zero attached hydrogens (tertiary/aromatic N) is 3. The molecule has 24 heavy (non-hydrogen) atoms. The Labute approximate surface area is 143 Å². The Morgan fingerprint density at radius 3 is 2.29 bits per heavy atom. The lowest BCUT2D eigenvalue weighted by molar-refractivity contribution is -0.250. The lowest BCUT2D eigenvalue weighted by Crippen LogP contribution is -2.59. The fourth-order valence-electron chi connectivity index (χ4n) is 4.01. The van der Waals surface area contributed by atoms with Gasteiger partial charge in [0.05, 0.1) is 5.10 Å². The van der Waals surface area contributed by atoms with E-state index in [9.17, 15) is 9.60 Å². The summed E-state index contributed by atoms with van der Waals surface area (Å²) in [5.74, 6) is 0.0839.